The van der Waals surface area contributed by atoms with Crippen molar-refractivity contribution in [2.24, 2.45) is 5.92 Å². The first kappa shape index (κ1) is 16.3. The van der Waals surface area contributed by atoms with Crippen molar-refractivity contribution in [1.82, 2.24) is 25.5 Å². The molecule has 2 aromatic rings. The quantitative estimate of drug-likeness (QED) is 0.749. The van der Waals surface area contributed by atoms with E-state index in [1.807, 2.05) is 19.3 Å². The van der Waals surface area contributed by atoms with Crippen molar-refractivity contribution >= 4 is 17.6 Å². The maximum absolute atomic E-state index is 4.69. The van der Waals surface area contributed by atoms with E-state index in [1.165, 1.54) is 18.5 Å². The monoisotopic (exact) mass is 341 g/mol. The summed E-state index contributed by atoms with van der Waals surface area (Å²) in [5, 5.41) is 14.2. The Bertz CT molecular complexity index is 735. The fraction of sp³-hybridized carbons (Fsp3) is 0.611. The van der Waals surface area contributed by atoms with Gasteiger partial charge in [0.15, 0.2) is 5.82 Å². The minimum atomic E-state index is 0.124. The number of hydrogen-bond donors (Lipinski definition) is 3. The summed E-state index contributed by atoms with van der Waals surface area (Å²) >= 11 is 0. The second kappa shape index (κ2) is 6.29. The van der Waals surface area contributed by atoms with Crippen LogP contribution in [-0.4, -0.2) is 45.8 Å². The van der Waals surface area contributed by atoms with E-state index in [0.29, 0.717) is 11.8 Å². The van der Waals surface area contributed by atoms with E-state index in [4.69, 9.17) is 4.98 Å². The lowest BCUT2D eigenvalue weighted by atomic mass is 9.87. The number of rotatable bonds is 6. The summed E-state index contributed by atoms with van der Waals surface area (Å²) in [5.41, 5.74) is 1.34. The number of nitrogens with zero attached hydrogens (tertiary/aromatic N) is 4. The summed E-state index contributed by atoms with van der Waals surface area (Å²) in [5.74, 6) is 3.65. The van der Waals surface area contributed by atoms with Crippen LogP contribution in [0.5, 0.6) is 0 Å². The molecule has 0 radical (unpaired) electrons. The summed E-state index contributed by atoms with van der Waals surface area (Å²) in [7, 11) is 2.03. The first-order valence-electron chi connectivity index (χ1n) is 9.14. The maximum Gasteiger partial charge on any atom is 0.227 e. The molecule has 2 fully saturated rings. The zero-order chi connectivity index (χ0) is 17.4. The molecule has 0 spiro atoms. The lowest BCUT2D eigenvalue weighted by molar-refractivity contribution is 0.290. The highest BCUT2D eigenvalue weighted by Gasteiger charge is 2.35. The third-order valence-electron chi connectivity index (χ3n) is 5.65. The van der Waals surface area contributed by atoms with Gasteiger partial charge < -0.3 is 15.5 Å². The van der Waals surface area contributed by atoms with Gasteiger partial charge in [-0.25, -0.2) is 4.98 Å². The van der Waals surface area contributed by atoms with Crippen molar-refractivity contribution in [3.05, 3.63) is 24.0 Å². The van der Waals surface area contributed by atoms with Crippen LogP contribution in [0.1, 0.15) is 44.7 Å². The largest absolute Gasteiger partial charge is 0.340 e. The zero-order valence-electron chi connectivity index (χ0n) is 15.2. The number of aromatic nitrogens is 4. The van der Waals surface area contributed by atoms with E-state index in [2.05, 4.69) is 50.6 Å². The molecule has 0 aromatic carbocycles. The molecule has 7 heteroatoms. The summed E-state index contributed by atoms with van der Waals surface area (Å²) in [4.78, 5) is 11.4. The second-order valence-corrected chi connectivity index (χ2v) is 7.75. The molecule has 2 aromatic heterocycles. The Morgan fingerprint density at radius 2 is 2.08 bits per heavy atom. The van der Waals surface area contributed by atoms with Crippen LogP contribution in [-0.2, 0) is 0 Å². The Kier molecular flexibility index (Phi) is 4.11. The molecule has 0 amide bonds. The zero-order valence-corrected chi connectivity index (χ0v) is 15.2. The van der Waals surface area contributed by atoms with Crippen molar-refractivity contribution in [3.8, 4) is 0 Å². The number of nitrogens with one attached hydrogen (secondary N) is 3. The van der Waals surface area contributed by atoms with E-state index >= 15 is 0 Å². The summed E-state index contributed by atoms with van der Waals surface area (Å²) in [6.07, 6.45) is 5.49. The molecule has 1 saturated heterocycles. The van der Waals surface area contributed by atoms with E-state index in [-0.39, 0.29) is 5.54 Å². The maximum atomic E-state index is 4.69. The highest BCUT2D eigenvalue weighted by atomic mass is 15.3. The lowest BCUT2D eigenvalue weighted by Crippen LogP contribution is -2.45. The first-order valence-corrected chi connectivity index (χ1v) is 9.14. The van der Waals surface area contributed by atoms with Gasteiger partial charge in [-0.15, -0.1) is 0 Å². The van der Waals surface area contributed by atoms with Crippen molar-refractivity contribution in [3.63, 3.8) is 0 Å². The van der Waals surface area contributed by atoms with Gasteiger partial charge in [0.1, 0.15) is 5.82 Å². The van der Waals surface area contributed by atoms with Gasteiger partial charge in [0.2, 0.25) is 5.95 Å². The highest BCUT2D eigenvalue weighted by molar-refractivity contribution is 5.53. The van der Waals surface area contributed by atoms with Gasteiger partial charge in [-0.2, -0.15) is 10.1 Å². The number of anilines is 3. The fourth-order valence-corrected chi connectivity index (χ4v) is 3.44. The molecule has 3 N–H and O–H groups in total. The number of H-pyrrole nitrogens is 1. The van der Waals surface area contributed by atoms with Crippen LogP contribution >= 0.6 is 0 Å². The average Bonchev–Trinajstić information content (AvgIpc) is 3.15. The SMILES string of the molecule is CNC(C)(C)C1CCN(c2nccc(Nc3cc(C4CC4)[nH]n3)n2)C1. The van der Waals surface area contributed by atoms with Crippen LogP contribution in [0.3, 0.4) is 0 Å². The Labute approximate surface area is 148 Å². The first-order chi connectivity index (χ1) is 12.0. The minimum absolute atomic E-state index is 0.124. The summed E-state index contributed by atoms with van der Waals surface area (Å²) in [6.45, 7) is 6.49. The van der Waals surface area contributed by atoms with Crippen LogP contribution in [0.4, 0.5) is 17.6 Å². The summed E-state index contributed by atoms with van der Waals surface area (Å²) in [6, 6.07) is 3.97. The standard InChI is InChI=1S/C18H27N7/c1-18(2,19-3)13-7-9-25(11-13)17-20-8-6-15(22-17)21-16-10-14(23-24-16)12-4-5-12/h6,8,10,12-13,19H,4-5,7,9,11H2,1-3H3,(H2,20,21,22,23,24). The molecule has 1 aliphatic heterocycles. The van der Waals surface area contributed by atoms with Crippen LogP contribution in [0.25, 0.3) is 0 Å². The predicted octanol–water partition coefficient (Wildman–Crippen LogP) is 2.65. The van der Waals surface area contributed by atoms with Gasteiger partial charge in [0, 0.05) is 42.5 Å². The van der Waals surface area contributed by atoms with Crippen molar-refractivity contribution in [2.75, 3.05) is 30.4 Å². The second-order valence-electron chi connectivity index (χ2n) is 7.75. The third kappa shape index (κ3) is 3.46. The van der Waals surface area contributed by atoms with Gasteiger partial charge in [-0.1, -0.05) is 0 Å². The van der Waals surface area contributed by atoms with Gasteiger partial charge in [-0.3, -0.25) is 5.10 Å². The van der Waals surface area contributed by atoms with Crippen LogP contribution in [0.2, 0.25) is 0 Å². The van der Waals surface area contributed by atoms with Crippen LogP contribution < -0.4 is 15.5 Å². The molecule has 4 rings (SSSR count). The van der Waals surface area contributed by atoms with Gasteiger partial charge in [-0.05, 0) is 52.1 Å². The molecule has 7 nitrogen and oxygen atoms in total. The predicted molar refractivity (Wildman–Crippen MR) is 99.3 cm³/mol. The fourth-order valence-electron chi connectivity index (χ4n) is 3.44. The molecule has 3 heterocycles. The number of hydrogen-bond acceptors (Lipinski definition) is 6. The van der Waals surface area contributed by atoms with Gasteiger partial charge >= 0.3 is 0 Å². The molecule has 1 unspecified atom stereocenters. The van der Waals surface area contributed by atoms with Crippen molar-refractivity contribution in [2.45, 2.75) is 44.6 Å². The topological polar surface area (TPSA) is 81.8 Å². The third-order valence-corrected chi connectivity index (χ3v) is 5.65. The highest BCUT2D eigenvalue weighted by Crippen LogP contribution is 2.39. The van der Waals surface area contributed by atoms with Gasteiger partial charge in [0.05, 0.1) is 0 Å². The lowest BCUT2D eigenvalue weighted by Gasteiger charge is -2.31. The average molecular weight is 341 g/mol. The van der Waals surface area contributed by atoms with Gasteiger partial charge in [0.25, 0.3) is 0 Å². The van der Waals surface area contributed by atoms with Crippen molar-refractivity contribution in [1.29, 1.82) is 0 Å². The molecular formula is C18H27N7. The smallest absolute Gasteiger partial charge is 0.227 e. The van der Waals surface area contributed by atoms with E-state index in [9.17, 15) is 0 Å². The minimum Gasteiger partial charge on any atom is -0.340 e. The molecule has 2 aliphatic rings. The Morgan fingerprint density at radius 3 is 2.84 bits per heavy atom. The number of aromatic amines is 1. The van der Waals surface area contributed by atoms with E-state index in [0.717, 1.165) is 37.1 Å². The molecule has 25 heavy (non-hydrogen) atoms. The van der Waals surface area contributed by atoms with Crippen molar-refractivity contribution < 1.29 is 0 Å². The summed E-state index contributed by atoms with van der Waals surface area (Å²) < 4.78 is 0. The van der Waals surface area contributed by atoms with Crippen LogP contribution in [0.15, 0.2) is 18.3 Å². The molecular weight excluding hydrogens is 314 g/mol. The Hall–Kier alpha value is -2.15. The van der Waals surface area contributed by atoms with E-state index in [1.54, 1.807) is 0 Å². The molecule has 1 saturated carbocycles. The Morgan fingerprint density at radius 1 is 1.24 bits per heavy atom. The van der Waals surface area contributed by atoms with E-state index < -0.39 is 0 Å². The molecule has 1 atom stereocenters. The van der Waals surface area contributed by atoms with Crippen LogP contribution in [0, 0.1) is 5.92 Å². The molecule has 134 valence electrons. The molecule has 1 aliphatic carbocycles. The Balaban J connectivity index is 1.44. The normalized spacial score (nSPS) is 20.9. The molecule has 0 bridgehead atoms.